The number of nitrogens with zero attached hydrogens (tertiary/aromatic N) is 4. The van der Waals surface area contributed by atoms with E-state index < -0.39 is 21.7 Å². The third-order valence-electron chi connectivity index (χ3n) is 6.29. The van der Waals surface area contributed by atoms with Gasteiger partial charge in [-0.05, 0) is 48.9 Å². The van der Waals surface area contributed by atoms with E-state index in [1.54, 1.807) is 24.0 Å². The van der Waals surface area contributed by atoms with E-state index in [0.29, 0.717) is 42.2 Å². The number of hydrogen-bond donors (Lipinski definition) is 1. The molecule has 3 heterocycles. The summed E-state index contributed by atoms with van der Waals surface area (Å²) in [6.07, 6.45) is 2.44. The maximum absolute atomic E-state index is 13.6. The molecule has 2 amide bonds. The Labute approximate surface area is 214 Å². The number of sulfonamides is 1. The number of piperidine rings is 1. The van der Waals surface area contributed by atoms with E-state index in [2.05, 4.69) is 4.98 Å². The molecule has 3 aromatic rings. The molecule has 1 aliphatic heterocycles. The third kappa shape index (κ3) is 6.07. The lowest BCUT2D eigenvalue weighted by Crippen LogP contribution is -2.38. The van der Waals surface area contributed by atoms with Crippen molar-refractivity contribution in [2.24, 2.45) is 5.92 Å². The fourth-order valence-electron chi connectivity index (χ4n) is 4.35. The number of fused-ring (bicyclic) bond motifs is 1. The van der Waals surface area contributed by atoms with Crippen LogP contribution in [-0.2, 0) is 14.8 Å². The fraction of sp³-hybridized carbons (Fsp3) is 0.440. The number of carbonyl (C=O) groups excluding carboxylic acids is 2. The Hall–Kier alpha value is -3.54. The third-order valence-corrected chi connectivity index (χ3v) is 6.85. The predicted octanol–water partition coefficient (Wildman–Crippen LogP) is 3.01. The highest BCUT2D eigenvalue weighted by atomic mass is 32.2. The highest BCUT2D eigenvalue weighted by molar-refractivity contribution is 7.89. The van der Waals surface area contributed by atoms with Gasteiger partial charge in [0, 0.05) is 26.1 Å². The molecule has 1 aliphatic rings. The highest BCUT2D eigenvalue weighted by Gasteiger charge is 2.26. The number of hydrogen-bond acceptors (Lipinski definition) is 7. The molecule has 4 rings (SSSR count). The zero-order chi connectivity index (χ0) is 26.9. The number of aromatic nitrogens is 3. The molecule has 2 aromatic heterocycles. The predicted molar refractivity (Wildman–Crippen MR) is 136 cm³/mol. The van der Waals surface area contributed by atoms with Crippen molar-refractivity contribution >= 4 is 32.9 Å². The van der Waals surface area contributed by atoms with E-state index in [0.717, 1.165) is 19.1 Å². The van der Waals surface area contributed by atoms with Crippen LogP contribution in [0.2, 0.25) is 0 Å². The van der Waals surface area contributed by atoms with Gasteiger partial charge in [0.15, 0.2) is 5.65 Å². The van der Waals surface area contributed by atoms with Crippen molar-refractivity contribution in [2.75, 3.05) is 26.0 Å². The zero-order valence-electron chi connectivity index (χ0n) is 21.2. The lowest BCUT2D eigenvalue weighted by molar-refractivity contribution is -0.130. The molecule has 1 N–H and O–H groups in total. The normalized spacial score (nSPS) is 14.8. The molecule has 0 bridgehead atoms. The number of rotatable bonds is 7. The number of nitrogens with one attached hydrogen (secondary N) is 1. The van der Waals surface area contributed by atoms with Crippen LogP contribution in [0.5, 0.6) is 5.75 Å². The van der Waals surface area contributed by atoms with E-state index in [9.17, 15) is 22.4 Å². The quantitative estimate of drug-likeness (QED) is 0.497. The van der Waals surface area contributed by atoms with Gasteiger partial charge in [-0.1, -0.05) is 13.8 Å². The lowest BCUT2D eigenvalue weighted by atomic mass is 9.98. The maximum atomic E-state index is 13.6. The van der Waals surface area contributed by atoms with Crippen LogP contribution in [0.3, 0.4) is 0 Å². The Balaban J connectivity index is 1.78. The summed E-state index contributed by atoms with van der Waals surface area (Å²) in [6, 6.07) is 7.10. The number of carbonyl (C=O) groups is 2. The number of pyridine rings is 1. The summed E-state index contributed by atoms with van der Waals surface area (Å²) in [6.45, 7) is 7.12. The van der Waals surface area contributed by atoms with Crippen molar-refractivity contribution in [1.82, 2.24) is 24.4 Å². The molecule has 1 aromatic carbocycles. The van der Waals surface area contributed by atoms with Crippen LogP contribution in [0, 0.1) is 11.7 Å². The van der Waals surface area contributed by atoms with Crippen LogP contribution in [0.25, 0.3) is 16.7 Å². The Morgan fingerprint density at radius 1 is 1.19 bits per heavy atom. The van der Waals surface area contributed by atoms with Gasteiger partial charge in [-0.25, -0.2) is 27.2 Å². The number of benzene rings is 1. The highest BCUT2D eigenvalue weighted by Crippen LogP contribution is 2.35. The zero-order valence-corrected chi connectivity index (χ0v) is 22.0. The second-order valence-corrected chi connectivity index (χ2v) is 11.3. The Bertz CT molecular complexity index is 1430. The first kappa shape index (κ1) is 26.5. The number of halogens is 1. The number of likely N-dealkylation sites (tertiary alicyclic amines) is 1. The molecule has 0 spiro atoms. The van der Waals surface area contributed by atoms with Crippen molar-refractivity contribution < 1.29 is 27.1 Å². The first-order valence-electron chi connectivity index (χ1n) is 12.0. The Morgan fingerprint density at radius 3 is 2.41 bits per heavy atom. The van der Waals surface area contributed by atoms with Crippen LogP contribution in [-0.4, -0.2) is 65.8 Å². The lowest BCUT2D eigenvalue weighted by Gasteiger charge is -2.31. The minimum atomic E-state index is -3.83. The summed E-state index contributed by atoms with van der Waals surface area (Å²) in [4.78, 5) is 30.7. The summed E-state index contributed by atoms with van der Waals surface area (Å²) in [5.74, 6) is -0.752. The second-order valence-electron chi connectivity index (χ2n) is 9.60. The van der Waals surface area contributed by atoms with E-state index in [1.807, 2.05) is 18.6 Å². The molecule has 1 saturated heterocycles. The van der Waals surface area contributed by atoms with Gasteiger partial charge in [0.25, 0.3) is 5.91 Å². The molecule has 10 nitrogen and oxygen atoms in total. The van der Waals surface area contributed by atoms with E-state index in [1.165, 1.54) is 22.9 Å². The Kier molecular flexibility index (Phi) is 7.49. The average molecular weight is 532 g/mol. The van der Waals surface area contributed by atoms with Gasteiger partial charge in [-0.2, -0.15) is 5.10 Å². The summed E-state index contributed by atoms with van der Waals surface area (Å²) in [5.41, 5.74) is 1.33. The van der Waals surface area contributed by atoms with E-state index in [-0.39, 0.29) is 29.1 Å². The Morgan fingerprint density at radius 2 is 1.84 bits per heavy atom. The number of amides is 2. The van der Waals surface area contributed by atoms with Gasteiger partial charge in [0.1, 0.15) is 17.3 Å². The van der Waals surface area contributed by atoms with Gasteiger partial charge < -0.3 is 9.64 Å². The van der Waals surface area contributed by atoms with Crippen LogP contribution < -0.4 is 9.46 Å². The van der Waals surface area contributed by atoms with Crippen LogP contribution >= 0.6 is 0 Å². The number of ether oxygens (including phenoxy) is 1. The van der Waals surface area contributed by atoms with Gasteiger partial charge in [0.2, 0.25) is 15.9 Å². The largest absolute Gasteiger partial charge is 0.492 e. The fourth-order valence-corrected chi connectivity index (χ4v) is 4.79. The van der Waals surface area contributed by atoms with Gasteiger partial charge in [0.05, 0.1) is 29.6 Å². The summed E-state index contributed by atoms with van der Waals surface area (Å²) >= 11 is 0. The molecule has 1 fully saturated rings. The monoisotopic (exact) mass is 531 g/mol. The first-order chi connectivity index (χ1) is 17.4. The molecular weight excluding hydrogens is 501 g/mol. The molecule has 0 saturated carbocycles. The molecule has 0 atom stereocenters. The van der Waals surface area contributed by atoms with Gasteiger partial charge in [-0.3, -0.25) is 9.59 Å². The van der Waals surface area contributed by atoms with E-state index >= 15 is 0 Å². The molecule has 198 valence electrons. The van der Waals surface area contributed by atoms with Crippen molar-refractivity contribution in [3.63, 3.8) is 0 Å². The molecule has 37 heavy (non-hydrogen) atoms. The van der Waals surface area contributed by atoms with Crippen molar-refractivity contribution in [3.05, 3.63) is 47.5 Å². The van der Waals surface area contributed by atoms with Gasteiger partial charge >= 0.3 is 0 Å². The average Bonchev–Trinajstić information content (AvgIpc) is 3.22. The first-order valence-corrected chi connectivity index (χ1v) is 13.9. The van der Waals surface area contributed by atoms with Crippen molar-refractivity contribution in [3.8, 4) is 11.4 Å². The molecule has 0 aliphatic carbocycles. The smallest absolute Gasteiger partial charge is 0.283 e. The molecule has 0 radical (unpaired) electrons. The second kappa shape index (κ2) is 10.4. The molecule has 0 unspecified atom stereocenters. The maximum Gasteiger partial charge on any atom is 0.283 e. The van der Waals surface area contributed by atoms with Crippen LogP contribution in [0.15, 0.2) is 30.3 Å². The minimum Gasteiger partial charge on any atom is -0.492 e. The molecular formula is C25H30FN5O5S. The van der Waals surface area contributed by atoms with Crippen molar-refractivity contribution in [1.29, 1.82) is 0 Å². The van der Waals surface area contributed by atoms with Crippen LogP contribution in [0.4, 0.5) is 4.39 Å². The van der Waals surface area contributed by atoms with Gasteiger partial charge in [-0.15, -0.1) is 0 Å². The van der Waals surface area contributed by atoms with Crippen LogP contribution in [0.1, 0.15) is 55.7 Å². The summed E-state index contributed by atoms with van der Waals surface area (Å²) < 4.78 is 46.7. The summed E-state index contributed by atoms with van der Waals surface area (Å²) in [5, 5.41) is 5.30. The van der Waals surface area contributed by atoms with Crippen molar-refractivity contribution in [2.45, 2.75) is 39.5 Å². The molecule has 12 heteroatoms. The standard InChI is InChI=1S/C25H30FN5O5S/c1-15(2)23-22-21(36-14-17-9-11-30(12-10-17)16(3)32)13-20(25(33)29-37(4,34)35)27-24(22)31(28-23)19-7-5-18(26)6-8-19/h5-8,13,15,17H,9-12,14H2,1-4H3,(H,29,33). The van der Waals surface area contributed by atoms with E-state index in [4.69, 9.17) is 9.84 Å². The summed E-state index contributed by atoms with van der Waals surface area (Å²) in [7, 11) is -3.83. The topological polar surface area (TPSA) is 123 Å². The minimum absolute atomic E-state index is 0.0390. The SMILES string of the molecule is CC(=O)N1CCC(COc2cc(C(=O)NS(C)(=O)=O)nc3c2c(C(C)C)nn3-c2ccc(F)cc2)CC1.